The van der Waals surface area contributed by atoms with E-state index in [-0.39, 0.29) is 5.54 Å². The lowest BCUT2D eigenvalue weighted by Gasteiger charge is -2.12. The summed E-state index contributed by atoms with van der Waals surface area (Å²) in [5.41, 5.74) is 8.25. The molecule has 0 bridgehead atoms. The summed E-state index contributed by atoms with van der Waals surface area (Å²) in [5, 5.41) is 0.758. The number of halogens is 1. The summed E-state index contributed by atoms with van der Waals surface area (Å²) in [6.45, 7) is 1.96. The minimum Gasteiger partial charge on any atom is -0.496 e. The fourth-order valence-electron chi connectivity index (χ4n) is 1.76. The van der Waals surface area contributed by atoms with Crippen molar-refractivity contribution in [3.63, 3.8) is 0 Å². The molecule has 2 N–H and O–H groups in total. The van der Waals surface area contributed by atoms with Crippen LogP contribution in [0.5, 0.6) is 5.75 Å². The average molecular weight is 226 g/mol. The highest BCUT2D eigenvalue weighted by atomic mass is 35.5. The molecule has 0 atom stereocenters. The maximum absolute atomic E-state index is 6.13. The van der Waals surface area contributed by atoms with Crippen molar-refractivity contribution in [2.45, 2.75) is 31.7 Å². The zero-order valence-corrected chi connectivity index (χ0v) is 9.90. The van der Waals surface area contributed by atoms with E-state index >= 15 is 0 Å². The summed E-state index contributed by atoms with van der Waals surface area (Å²) in [6.07, 6.45) is 3.12. The van der Waals surface area contributed by atoms with Gasteiger partial charge in [-0.25, -0.2) is 0 Å². The van der Waals surface area contributed by atoms with Gasteiger partial charge in [0, 0.05) is 16.1 Å². The molecule has 0 unspecified atom stereocenters. The van der Waals surface area contributed by atoms with Crippen molar-refractivity contribution in [3.8, 4) is 5.75 Å². The van der Waals surface area contributed by atoms with E-state index in [4.69, 9.17) is 22.1 Å². The molecule has 82 valence electrons. The number of methoxy groups -OCH3 is 1. The number of hydrogen-bond acceptors (Lipinski definition) is 2. The molecule has 0 amide bonds. The molecule has 0 heterocycles. The monoisotopic (exact) mass is 225 g/mol. The molecule has 2 nitrogen and oxygen atoms in total. The van der Waals surface area contributed by atoms with E-state index in [1.807, 2.05) is 19.1 Å². The molecule has 3 heteroatoms. The van der Waals surface area contributed by atoms with E-state index in [0.29, 0.717) is 0 Å². The second-order valence-electron chi connectivity index (χ2n) is 4.44. The Hall–Kier alpha value is -0.730. The molecule has 0 aromatic heterocycles. The van der Waals surface area contributed by atoms with Gasteiger partial charge < -0.3 is 10.5 Å². The van der Waals surface area contributed by atoms with Gasteiger partial charge in [-0.1, -0.05) is 11.6 Å². The first-order valence-electron chi connectivity index (χ1n) is 5.16. The lowest BCUT2D eigenvalue weighted by atomic mass is 10.0. The van der Waals surface area contributed by atoms with Crippen LogP contribution in [-0.2, 0) is 6.42 Å². The summed E-state index contributed by atoms with van der Waals surface area (Å²) in [4.78, 5) is 0. The summed E-state index contributed by atoms with van der Waals surface area (Å²) in [6, 6.07) is 4.03. The van der Waals surface area contributed by atoms with Gasteiger partial charge in [-0.15, -0.1) is 0 Å². The molecule has 0 radical (unpaired) electrons. The normalized spacial score (nSPS) is 17.6. The first kappa shape index (κ1) is 10.8. The van der Waals surface area contributed by atoms with Crippen LogP contribution < -0.4 is 10.5 Å². The van der Waals surface area contributed by atoms with E-state index in [2.05, 4.69) is 0 Å². The molecular formula is C12H16ClNO. The van der Waals surface area contributed by atoms with Crippen LogP contribution in [0.3, 0.4) is 0 Å². The van der Waals surface area contributed by atoms with Crippen LogP contribution in [-0.4, -0.2) is 12.6 Å². The molecule has 2 rings (SSSR count). The van der Waals surface area contributed by atoms with Gasteiger partial charge >= 0.3 is 0 Å². The Morgan fingerprint density at radius 2 is 2.13 bits per heavy atom. The summed E-state index contributed by atoms with van der Waals surface area (Å²) in [5.74, 6) is 0.849. The van der Waals surface area contributed by atoms with Crippen LogP contribution in [0, 0.1) is 6.92 Å². The SMILES string of the molecule is COc1cc(CC2(N)CC2)cc(Cl)c1C. The number of nitrogens with two attached hydrogens (primary N) is 1. The minimum absolute atomic E-state index is 0.0175. The van der Waals surface area contributed by atoms with E-state index in [9.17, 15) is 0 Å². The third-order valence-corrected chi connectivity index (χ3v) is 3.42. The maximum Gasteiger partial charge on any atom is 0.123 e. The first-order chi connectivity index (χ1) is 7.04. The highest BCUT2D eigenvalue weighted by Crippen LogP contribution is 2.37. The van der Waals surface area contributed by atoms with Gasteiger partial charge in [0.25, 0.3) is 0 Å². The van der Waals surface area contributed by atoms with Crippen LogP contribution in [0.4, 0.5) is 0 Å². The van der Waals surface area contributed by atoms with Gasteiger partial charge in [0.15, 0.2) is 0 Å². The predicted molar refractivity (Wildman–Crippen MR) is 62.6 cm³/mol. The molecule has 0 spiro atoms. The van der Waals surface area contributed by atoms with Gasteiger partial charge in [-0.3, -0.25) is 0 Å². The van der Waals surface area contributed by atoms with Crippen LogP contribution in [0.2, 0.25) is 5.02 Å². The summed E-state index contributed by atoms with van der Waals surface area (Å²) in [7, 11) is 1.66. The van der Waals surface area contributed by atoms with Gasteiger partial charge in [0.05, 0.1) is 7.11 Å². The number of benzene rings is 1. The number of hydrogen-bond donors (Lipinski definition) is 1. The van der Waals surface area contributed by atoms with Crippen molar-refractivity contribution in [2.75, 3.05) is 7.11 Å². The van der Waals surface area contributed by atoms with Crippen molar-refractivity contribution in [1.82, 2.24) is 0 Å². The van der Waals surface area contributed by atoms with E-state index < -0.39 is 0 Å². The smallest absolute Gasteiger partial charge is 0.123 e. The van der Waals surface area contributed by atoms with Crippen molar-refractivity contribution >= 4 is 11.6 Å². The Bertz CT molecular complexity index is 385. The number of rotatable bonds is 3. The molecule has 15 heavy (non-hydrogen) atoms. The van der Waals surface area contributed by atoms with Crippen LogP contribution in [0.25, 0.3) is 0 Å². The Labute approximate surface area is 95.4 Å². The highest BCUT2D eigenvalue weighted by molar-refractivity contribution is 6.31. The van der Waals surface area contributed by atoms with Crippen molar-refractivity contribution in [1.29, 1.82) is 0 Å². The minimum atomic E-state index is 0.0175. The van der Waals surface area contributed by atoms with Gasteiger partial charge in [-0.05, 0) is 43.9 Å². The Balaban J connectivity index is 2.28. The second-order valence-corrected chi connectivity index (χ2v) is 4.85. The topological polar surface area (TPSA) is 35.2 Å². The van der Waals surface area contributed by atoms with Crippen molar-refractivity contribution in [3.05, 3.63) is 28.3 Å². The second kappa shape index (κ2) is 3.69. The zero-order chi connectivity index (χ0) is 11.1. The fraction of sp³-hybridized carbons (Fsp3) is 0.500. The molecule has 1 saturated carbocycles. The molecular weight excluding hydrogens is 210 g/mol. The van der Waals surface area contributed by atoms with Crippen LogP contribution in [0.15, 0.2) is 12.1 Å². The van der Waals surface area contributed by atoms with Crippen LogP contribution >= 0.6 is 11.6 Å². The van der Waals surface area contributed by atoms with E-state index in [1.165, 1.54) is 5.56 Å². The fourth-order valence-corrected chi connectivity index (χ4v) is 2.00. The zero-order valence-electron chi connectivity index (χ0n) is 9.14. The quantitative estimate of drug-likeness (QED) is 0.859. The van der Waals surface area contributed by atoms with Gasteiger partial charge in [-0.2, -0.15) is 0 Å². The van der Waals surface area contributed by atoms with Crippen molar-refractivity contribution < 1.29 is 4.74 Å². The molecule has 1 aliphatic carbocycles. The Morgan fingerprint density at radius 3 is 2.67 bits per heavy atom. The molecule has 0 saturated heterocycles. The van der Waals surface area contributed by atoms with Gasteiger partial charge in [0.2, 0.25) is 0 Å². The molecule has 1 aliphatic rings. The third-order valence-electron chi connectivity index (χ3n) is 3.02. The molecule has 1 aromatic carbocycles. The summed E-state index contributed by atoms with van der Waals surface area (Å²) < 4.78 is 5.28. The lowest BCUT2D eigenvalue weighted by molar-refractivity contribution is 0.411. The standard InChI is InChI=1S/C12H16ClNO/c1-8-10(13)5-9(6-11(8)15-2)7-12(14)3-4-12/h5-6H,3-4,7,14H2,1-2H3. The summed E-state index contributed by atoms with van der Waals surface area (Å²) >= 11 is 6.13. The molecule has 1 aromatic rings. The average Bonchev–Trinajstić information content (AvgIpc) is 2.89. The predicted octanol–water partition coefficient (Wildman–Crippen LogP) is 2.69. The first-order valence-corrected chi connectivity index (χ1v) is 5.54. The molecule has 1 fully saturated rings. The highest BCUT2D eigenvalue weighted by Gasteiger charge is 2.38. The number of ether oxygens (including phenoxy) is 1. The Morgan fingerprint density at radius 1 is 1.47 bits per heavy atom. The van der Waals surface area contributed by atoms with E-state index in [1.54, 1.807) is 7.11 Å². The Kier molecular flexibility index (Phi) is 2.65. The third kappa shape index (κ3) is 2.27. The lowest BCUT2D eigenvalue weighted by Crippen LogP contribution is -2.24. The van der Waals surface area contributed by atoms with Crippen molar-refractivity contribution in [2.24, 2.45) is 5.73 Å². The van der Waals surface area contributed by atoms with E-state index in [0.717, 1.165) is 35.6 Å². The van der Waals surface area contributed by atoms with Crippen LogP contribution in [0.1, 0.15) is 24.0 Å². The van der Waals surface area contributed by atoms with Gasteiger partial charge in [0.1, 0.15) is 5.75 Å². The molecule has 0 aliphatic heterocycles. The maximum atomic E-state index is 6.13. The largest absolute Gasteiger partial charge is 0.496 e.